The fourth-order valence-electron chi connectivity index (χ4n) is 2.16. The van der Waals surface area contributed by atoms with Crippen LogP contribution in [0.1, 0.15) is 37.3 Å². The number of hydrogen-bond donors (Lipinski definition) is 0. The molecule has 0 fully saturated rings. The van der Waals surface area contributed by atoms with Crippen molar-refractivity contribution in [3.05, 3.63) is 35.4 Å². The molecule has 0 heterocycles. The summed E-state index contributed by atoms with van der Waals surface area (Å²) in [4.78, 5) is 0. The van der Waals surface area contributed by atoms with Gasteiger partial charge in [-0.25, -0.2) is 0 Å². The zero-order valence-corrected chi connectivity index (χ0v) is 14.2. The molecule has 4 heteroatoms. The van der Waals surface area contributed by atoms with Crippen molar-refractivity contribution in [2.45, 2.75) is 45.2 Å². The van der Waals surface area contributed by atoms with Gasteiger partial charge >= 0.3 is 8.56 Å². The molecule has 0 aromatic heterocycles. The molecule has 0 aliphatic carbocycles. The normalized spacial score (nSPS) is 13.5. The topological polar surface area (TPSA) is 18.5 Å². The van der Waals surface area contributed by atoms with Gasteiger partial charge < -0.3 is 8.85 Å². The van der Waals surface area contributed by atoms with Gasteiger partial charge in [-0.15, -0.1) is 11.6 Å². The number of halogens is 1. The highest BCUT2D eigenvalue weighted by Gasteiger charge is 2.30. The number of aryl methyl sites for hydroxylation is 1. The summed E-state index contributed by atoms with van der Waals surface area (Å²) in [6, 6.07) is 9.46. The lowest BCUT2D eigenvalue weighted by Crippen LogP contribution is -2.39. The maximum Gasteiger partial charge on any atom is 0.335 e. The van der Waals surface area contributed by atoms with Crippen LogP contribution in [0.2, 0.25) is 12.6 Å². The van der Waals surface area contributed by atoms with Gasteiger partial charge in [0.25, 0.3) is 0 Å². The number of alkyl halides is 1. The van der Waals surface area contributed by atoms with Crippen LogP contribution in [0.25, 0.3) is 0 Å². The zero-order valence-electron chi connectivity index (χ0n) is 12.4. The Morgan fingerprint density at radius 3 is 2.37 bits per heavy atom. The lowest BCUT2D eigenvalue weighted by atomic mass is 10.1. The van der Waals surface area contributed by atoms with E-state index in [1.54, 1.807) is 0 Å². The highest BCUT2D eigenvalue weighted by Crippen LogP contribution is 2.22. The molecule has 0 bridgehead atoms. The molecule has 1 atom stereocenters. The van der Waals surface area contributed by atoms with E-state index in [1.165, 1.54) is 11.1 Å². The Balaban J connectivity index is 2.66. The first-order valence-electron chi connectivity index (χ1n) is 7.01. The van der Waals surface area contributed by atoms with Crippen LogP contribution in [0.15, 0.2) is 24.3 Å². The number of benzene rings is 1. The Kier molecular flexibility index (Phi) is 7.08. The average Bonchev–Trinajstić information content (AvgIpc) is 2.37. The van der Waals surface area contributed by atoms with Gasteiger partial charge in [0.15, 0.2) is 0 Å². The van der Waals surface area contributed by atoms with Crippen molar-refractivity contribution < 1.29 is 8.85 Å². The van der Waals surface area contributed by atoms with Gasteiger partial charge in [0.2, 0.25) is 0 Å². The predicted molar refractivity (Wildman–Crippen MR) is 84.1 cm³/mol. The fourth-order valence-corrected chi connectivity index (χ4v) is 4.64. The van der Waals surface area contributed by atoms with E-state index in [-0.39, 0.29) is 5.38 Å². The maximum absolute atomic E-state index is 6.12. The quantitative estimate of drug-likeness (QED) is 0.513. The van der Waals surface area contributed by atoms with E-state index in [1.807, 2.05) is 20.8 Å². The van der Waals surface area contributed by atoms with Crippen LogP contribution >= 0.6 is 11.6 Å². The largest absolute Gasteiger partial charge is 0.395 e. The van der Waals surface area contributed by atoms with Crippen LogP contribution in [0, 0.1) is 0 Å². The first-order valence-corrected chi connectivity index (χ1v) is 9.97. The summed E-state index contributed by atoms with van der Waals surface area (Å²) in [5, 5.41) is 0.0577. The third kappa shape index (κ3) is 5.65. The summed E-state index contributed by atoms with van der Waals surface area (Å²) in [7, 11) is -2.01. The summed E-state index contributed by atoms with van der Waals surface area (Å²) in [6.07, 6.45) is 0.986. The molecule has 19 heavy (non-hydrogen) atoms. The van der Waals surface area contributed by atoms with E-state index in [0.717, 1.165) is 25.7 Å². The van der Waals surface area contributed by atoms with Crippen molar-refractivity contribution in [2.24, 2.45) is 0 Å². The van der Waals surface area contributed by atoms with Crippen molar-refractivity contribution >= 4 is 20.2 Å². The Hall–Kier alpha value is -0.353. The molecular formula is C15H25ClO2Si. The minimum Gasteiger partial charge on any atom is -0.395 e. The Bertz CT molecular complexity index is 376. The van der Waals surface area contributed by atoms with Crippen LogP contribution in [-0.4, -0.2) is 21.8 Å². The van der Waals surface area contributed by atoms with Gasteiger partial charge in [0, 0.05) is 13.2 Å². The molecule has 1 unspecified atom stereocenters. The van der Waals surface area contributed by atoms with Gasteiger partial charge in [-0.3, -0.25) is 0 Å². The van der Waals surface area contributed by atoms with Crippen molar-refractivity contribution in [2.75, 3.05) is 13.2 Å². The highest BCUT2D eigenvalue weighted by molar-refractivity contribution is 6.66. The molecule has 0 radical (unpaired) electrons. The lowest BCUT2D eigenvalue weighted by molar-refractivity contribution is 0.189. The van der Waals surface area contributed by atoms with Gasteiger partial charge in [-0.2, -0.15) is 0 Å². The second-order valence-corrected chi connectivity index (χ2v) is 8.86. The summed E-state index contributed by atoms with van der Waals surface area (Å²) in [5.41, 5.74) is 2.48. The summed E-state index contributed by atoms with van der Waals surface area (Å²) >= 11 is 6.12. The van der Waals surface area contributed by atoms with Crippen molar-refractivity contribution in [3.8, 4) is 0 Å². The smallest absolute Gasteiger partial charge is 0.335 e. The van der Waals surface area contributed by atoms with E-state index in [2.05, 4.69) is 30.8 Å². The number of rotatable bonds is 8. The molecule has 0 saturated heterocycles. The standard InChI is InChI=1S/C15H25ClO2Si/c1-5-17-19(4,18-6-2)11-10-14-8-7-9-15(12-14)13(3)16/h7-9,12-13H,5-6,10-11H2,1-4H3. The first-order chi connectivity index (χ1) is 9.00. The van der Waals surface area contributed by atoms with E-state index in [4.69, 9.17) is 20.5 Å². The molecule has 0 amide bonds. The SMILES string of the molecule is CCO[Si](C)(CCc1cccc(C(C)Cl)c1)OCC. The third-order valence-corrected chi connectivity index (χ3v) is 6.39. The van der Waals surface area contributed by atoms with Gasteiger partial charge in [-0.1, -0.05) is 24.3 Å². The Morgan fingerprint density at radius 2 is 1.84 bits per heavy atom. The molecule has 1 rings (SSSR count). The van der Waals surface area contributed by atoms with E-state index in [9.17, 15) is 0 Å². The maximum atomic E-state index is 6.12. The van der Waals surface area contributed by atoms with Crippen LogP contribution in [0.3, 0.4) is 0 Å². The molecule has 0 aliphatic heterocycles. The molecule has 0 N–H and O–H groups in total. The number of hydrogen-bond acceptors (Lipinski definition) is 2. The summed E-state index contributed by atoms with van der Waals surface area (Å²) < 4.78 is 11.7. The molecule has 0 spiro atoms. The van der Waals surface area contributed by atoms with Crippen LogP contribution in [0.4, 0.5) is 0 Å². The molecular weight excluding hydrogens is 276 g/mol. The van der Waals surface area contributed by atoms with Gasteiger partial charge in [0.1, 0.15) is 0 Å². The predicted octanol–water partition coefficient (Wildman–Crippen LogP) is 4.67. The van der Waals surface area contributed by atoms with Crippen molar-refractivity contribution in [3.63, 3.8) is 0 Å². The van der Waals surface area contributed by atoms with Crippen LogP contribution < -0.4 is 0 Å². The van der Waals surface area contributed by atoms with Crippen molar-refractivity contribution in [1.29, 1.82) is 0 Å². The lowest BCUT2D eigenvalue weighted by Gasteiger charge is -2.26. The average molecular weight is 301 g/mol. The molecule has 0 saturated carbocycles. The zero-order chi connectivity index (χ0) is 14.3. The van der Waals surface area contributed by atoms with Crippen LogP contribution in [-0.2, 0) is 15.3 Å². The van der Waals surface area contributed by atoms with E-state index in [0.29, 0.717) is 0 Å². The molecule has 1 aromatic carbocycles. The van der Waals surface area contributed by atoms with Crippen LogP contribution in [0.5, 0.6) is 0 Å². The summed E-state index contributed by atoms with van der Waals surface area (Å²) in [6.45, 7) is 9.65. The van der Waals surface area contributed by atoms with E-state index >= 15 is 0 Å². The molecule has 0 aliphatic rings. The molecule has 2 nitrogen and oxygen atoms in total. The van der Waals surface area contributed by atoms with Gasteiger partial charge in [0.05, 0.1) is 5.38 Å². The monoisotopic (exact) mass is 300 g/mol. The summed E-state index contributed by atoms with van der Waals surface area (Å²) in [5.74, 6) is 0. The highest BCUT2D eigenvalue weighted by atomic mass is 35.5. The molecule has 1 aromatic rings. The Morgan fingerprint density at radius 1 is 1.21 bits per heavy atom. The van der Waals surface area contributed by atoms with E-state index < -0.39 is 8.56 Å². The second kappa shape index (κ2) is 8.05. The van der Waals surface area contributed by atoms with Crippen molar-refractivity contribution in [1.82, 2.24) is 0 Å². The second-order valence-electron chi connectivity index (χ2n) is 4.86. The third-order valence-electron chi connectivity index (χ3n) is 3.18. The molecule has 108 valence electrons. The Labute approximate surface area is 123 Å². The minimum absolute atomic E-state index is 0.0577. The van der Waals surface area contributed by atoms with Gasteiger partial charge in [-0.05, 0) is 50.9 Å². The first kappa shape index (κ1) is 16.7. The fraction of sp³-hybridized carbons (Fsp3) is 0.600. The minimum atomic E-state index is -2.01.